The largest absolute Gasteiger partial charge is 0.350 e. The second-order valence-corrected chi connectivity index (χ2v) is 9.40. The van der Waals surface area contributed by atoms with Crippen molar-refractivity contribution < 1.29 is 27.4 Å². The normalized spacial score (nSPS) is 20.3. The highest BCUT2D eigenvalue weighted by Gasteiger charge is 2.31. The van der Waals surface area contributed by atoms with Crippen LogP contribution in [0.2, 0.25) is 0 Å². The molecule has 1 aliphatic heterocycles. The van der Waals surface area contributed by atoms with E-state index in [1.807, 2.05) is 26.0 Å². The Morgan fingerprint density at radius 3 is 2.61 bits per heavy atom. The molecule has 1 aromatic heterocycles. The molecular formula is C24H28F3N3O3. The number of hydrogen-bond acceptors (Lipinski definition) is 5. The van der Waals surface area contributed by atoms with Crippen molar-refractivity contribution in [3.63, 3.8) is 0 Å². The molecule has 2 fully saturated rings. The van der Waals surface area contributed by atoms with Gasteiger partial charge in [-0.25, -0.2) is 17.9 Å². The van der Waals surface area contributed by atoms with Crippen LogP contribution >= 0.6 is 0 Å². The lowest BCUT2D eigenvalue weighted by molar-refractivity contribution is -0.227. The fraction of sp³-hybridized carbons (Fsp3) is 0.583. The van der Waals surface area contributed by atoms with E-state index in [4.69, 9.17) is 14.2 Å². The van der Waals surface area contributed by atoms with E-state index in [-0.39, 0.29) is 17.7 Å². The molecule has 1 saturated heterocycles. The topological polar surface area (TPSA) is 58.4 Å². The predicted molar refractivity (Wildman–Crippen MR) is 114 cm³/mol. The highest BCUT2D eigenvalue weighted by Crippen LogP contribution is 2.32. The molecule has 4 rings (SSSR count). The van der Waals surface area contributed by atoms with Crippen LogP contribution in [0.5, 0.6) is 0 Å². The minimum Gasteiger partial charge on any atom is -0.350 e. The van der Waals surface area contributed by atoms with Gasteiger partial charge in [0.15, 0.2) is 6.29 Å². The molecule has 1 aliphatic carbocycles. The number of aryl methyl sites for hydroxylation is 1. The van der Waals surface area contributed by atoms with E-state index in [2.05, 4.69) is 22.2 Å². The average Bonchev–Trinajstić information content (AvgIpc) is 3.49. The lowest BCUT2D eigenvalue weighted by Gasteiger charge is -2.34. The highest BCUT2D eigenvalue weighted by atomic mass is 19.3. The number of ether oxygens (including phenoxy) is 3. The van der Waals surface area contributed by atoms with Crippen LogP contribution in [0, 0.1) is 30.1 Å². The molecule has 0 radical (unpaired) electrons. The van der Waals surface area contributed by atoms with Crippen molar-refractivity contribution in [1.29, 1.82) is 0 Å². The number of halogens is 3. The first kappa shape index (κ1) is 23.7. The maximum Gasteiger partial charge on any atom is 0.293 e. The molecule has 1 aromatic carbocycles. The third-order valence-corrected chi connectivity index (χ3v) is 5.50. The summed E-state index contributed by atoms with van der Waals surface area (Å²) in [6, 6.07) is 5.40. The Labute approximate surface area is 191 Å². The molecule has 0 amide bonds. The van der Waals surface area contributed by atoms with Gasteiger partial charge in [-0.2, -0.15) is 0 Å². The molecule has 0 N–H and O–H groups in total. The number of rotatable bonds is 7. The average molecular weight is 464 g/mol. The Kier molecular flexibility index (Phi) is 7.07. The zero-order valence-electron chi connectivity index (χ0n) is 18.9. The first-order valence-corrected chi connectivity index (χ1v) is 11.0. The Hall–Kier alpha value is -2.41. The number of alkyl halides is 3. The van der Waals surface area contributed by atoms with E-state index in [9.17, 15) is 13.2 Å². The van der Waals surface area contributed by atoms with Gasteiger partial charge in [0.05, 0.1) is 26.0 Å². The van der Waals surface area contributed by atoms with Gasteiger partial charge < -0.3 is 14.2 Å². The lowest BCUT2D eigenvalue weighted by Crippen LogP contribution is -2.39. The predicted octanol–water partition coefficient (Wildman–Crippen LogP) is 4.41. The summed E-state index contributed by atoms with van der Waals surface area (Å²) < 4.78 is 58.1. The second-order valence-electron chi connectivity index (χ2n) is 9.40. The summed E-state index contributed by atoms with van der Waals surface area (Å²) in [6.45, 7) is 7.22. The summed E-state index contributed by atoms with van der Waals surface area (Å²) in [6.07, 6.45) is -4.02. The van der Waals surface area contributed by atoms with Crippen LogP contribution in [0.3, 0.4) is 0 Å². The van der Waals surface area contributed by atoms with Crippen molar-refractivity contribution in [3.8, 4) is 11.8 Å². The van der Waals surface area contributed by atoms with Crippen molar-refractivity contribution in [2.75, 3.05) is 13.2 Å². The fourth-order valence-electron chi connectivity index (χ4n) is 3.41. The Balaban J connectivity index is 1.57. The fourth-order valence-corrected chi connectivity index (χ4v) is 3.41. The standard InChI is InChI=1S/C24H28F3N3O3/c1-15-4-5-17(9-8-16-6-7-16)10-18(15)21(33-23(27)22(25)26)19-11-30(29-28-19)12-20-31-13-24(2,3)14-32-20/h4-5,10-11,16,20-23H,6-7,12-14H2,1-3H3. The summed E-state index contributed by atoms with van der Waals surface area (Å²) in [7, 11) is 0. The molecule has 2 aromatic rings. The molecule has 2 aliphatic rings. The Morgan fingerprint density at radius 1 is 1.21 bits per heavy atom. The monoisotopic (exact) mass is 463 g/mol. The summed E-state index contributed by atoms with van der Waals surface area (Å²) in [5, 5.41) is 8.14. The Bertz CT molecular complexity index is 1020. The van der Waals surface area contributed by atoms with Gasteiger partial charge in [-0.15, -0.1) is 5.10 Å². The molecule has 0 bridgehead atoms. The van der Waals surface area contributed by atoms with E-state index in [0.717, 1.165) is 18.4 Å². The van der Waals surface area contributed by atoms with Crippen LogP contribution in [0.4, 0.5) is 13.2 Å². The number of nitrogens with zero attached hydrogens (tertiary/aromatic N) is 3. The van der Waals surface area contributed by atoms with Gasteiger partial charge in [0, 0.05) is 16.9 Å². The van der Waals surface area contributed by atoms with Crippen LogP contribution in [0.25, 0.3) is 0 Å². The minimum absolute atomic E-state index is 0.0701. The van der Waals surface area contributed by atoms with E-state index in [0.29, 0.717) is 30.3 Å². The summed E-state index contributed by atoms with van der Waals surface area (Å²) in [5.74, 6) is 6.68. The van der Waals surface area contributed by atoms with Crippen molar-refractivity contribution in [2.45, 2.75) is 65.3 Å². The maximum absolute atomic E-state index is 14.0. The van der Waals surface area contributed by atoms with E-state index in [1.165, 1.54) is 10.9 Å². The van der Waals surface area contributed by atoms with E-state index < -0.39 is 25.2 Å². The van der Waals surface area contributed by atoms with Crippen molar-refractivity contribution in [1.82, 2.24) is 15.0 Å². The zero-order chi connectivity index (χ0) is 23.6. The number of aromatic nitrogens is 3. The van der Waals surface area contributed by atoms with Crippen LogP contribution < -0.4 is 0 Å². The van der Waals surface area contributed by atoms with Crippen molar-refractivity contribution in [3.05, 3.63) is 46.8 Å². The molecule has 9 heteroatoms. The Morgan fingerprint density at radius 2 is 1.94 bits per heavy atom. The maximum atomic E-state index is 14.0. The van der Waals surface area contributed by atoms with Crippen LogP contribution in [0.15, 0.2) is 24.4 Å². The van der Waals surface area contributed by atoms with E-state index >= 15 is 0 Å². The zero-order valence-corrected chi connectivity index (χ0v) is 18.9. The molecule has 2 heterocycles. The highest BCUT2D eigenvalue weighted by molar-refractivity contribution is 5.43. The van der Waals surface area contributed by atoms with Gasteiger partial charge >= 0.3 is 0 Å². The smallest absolute Gasteiger partial charge is 0.293 e. The third kappa shape index (κ3) is 6.34. The second kappa shape index (κ2) is 9.84. The molecule has 2 atom stereocenters. The summed E-state index contributed by atoms with van der Waals surface area (Å²) in [5.41, 5.74) is 2.11. The minimum atomic E-state index is -3.28. The molecule has 33 heavy (non-hydrogen) atoms. The first-order valence-electron chi connectivity index (χ1n) is 11.0. The van der Waals surface area contributed by atoms with Gasteiger partial charge in [-0.3, -0.25) is 0 Å². The van der Waals surface area contributed by atoms with Gasteiger partial charge in [0.2, 0.25) is 0 Å². The van der Waals surface area contributed by atoms with Crippen LogP contribution in [-0.4, -0.2) is 47.3 Å². The van der Waals surface area contributed by atoms with Gasteiger partial charge in [-0.1, -0.05) is 37.0 Å². The van der Waals surface area contributed by atoms with Crippen molar-refractivity contribution >= 4 is 0 Å². The van der Waals surface area contributed by atoms with Crippen molar-refractivity contribution in [2.24, 2.45) is 11.3 Å². The summed E-state index contributed by atoms with van der Waals surface area (Å²) >= 11 is 0. The van der Waals surface area contributed by atoms with Crippen LogP contribution in [-0.2, 0) is 20.8 Å². The third-order valence-electron chi connectivity index (χ3n) is 5.50. The number of benzene rings is 1. The quantitative estimate of drug-likeness (QED) is 0.570. The van der Waals surface area contributed by atoms with Gasteiger partial charge in [0.1, 0.15) is 11.8 Å². The molecular weight excluding hydrogens is 435 g/mol. The first-order chi connectivity index (χ1) is 15.7. The molecule has 2 unspecified atom stereocenters. The molecule has 1 saturated carbocycles. The molecule has 6 nitrogen and oxygen atoms in total. The van der Waals surface area contributed by atoms with Gasteiger partial charge in [-0.05, 0) is 43.0 Å². The molecule has 178 valence electrons. The molecule has 0 spiro atoms. The van der Waals surface area contributed by atoms with Gasteiger partial charge in [0.25, 0.3) is 12.8 Å². The summed E-state index contributed by atoms with van der Waals surface area (Å²) in [4.78, 5) is 0. The van der Waals surface area contributed by atoms with Crippen LogP contribution in [0.1, 0.15) is 55.2 Å². The lowest BCUT2D eigenvalue weighted by atomic mass is 9.96. The van der Waals surface area contributed by atoms with E-state index in [1.54, 1.807) is 13.0 Å². The number of hydrogen-bond donors (Lipinski definition) is 0. The SMILES string of the molecule is Cc1ccc(C#CC2CC2)cc1C(OC(F)C(F)F)c1cn(CC2OCC(C)(C)CO2)nn1.